The van der Waals surface area contributed by atoms with Gasteiger partial charge in [-0.15, -0.1) is 0 Å². The van der Waals surface area contributed by atoms with E-state index in [2.05, 4.69) is 9.31 Å². The predicted octanol–water partition coefficient (Wildman–Crippen LogP) is 5.02. The highest BCUT2D eigenvalue weighted by Crippen LogP contribution is 2.28. The first-order valence-electron chi connectivity index (χ1n) is 10.8. The molecule has 3 rings (SSSR count). The summed E-state index contributed by atoms with van der Waals surface area (Å²) < 4.78 is 61.8. The number of alkyl halides is 1. The second kappa shape index (κ2) is 12.1. The summed E-state index contributed by atoms with van der Waals surface area (Å²) in [7, 11) is -0.586. The van der Waals surface area contributed by atoms with E-state index in [1.807, 2.05) is 43.0 Å². The van der Waals surface area contributed by atoms with E-state index in [9.17, 15) is 13.0 Å². The maximum atomic E-state index is 14.0. The van der Waals surface area contributed by atoms with Crippen molar-refractivity contribution in [2.24, 2.45) is 0 Å². The molecule has 1 aromatic carbocycles. The molecule has 0 atom stereocenters. The van der Waals surface area contributed by atoms with Gasteiger partial charge in [0.1, 0.15) is 33.1 Å². The molecule has 180 valence electrons. The molecule has 1 aliphatic carbocycles. The Balaban J connectivity index is 1.64. The highest BCUT2D eigenvalue weighted by atomic mass is 19.3. The lowest BCUT2D eigenvalue weighted by Gasteiger charge is -2.33. The van der Waals surface area contributed by atoms with Crippen LogP contribution in [0.15, 0.2) is 90.0 Å². The molecule has 0 spiro atoms. The molecule has 34 heavy (non-hydrogen) atoms. The van der Waals surface area contributed by atoms with Crippen LogP contribution in [0.3, 0.4) is 0 Å². The number of hydrogen-bond acceptors (Lipinski definition) is 4. The quantitative estimate of drug-likeness (QED) is 0.287. The summed E-state index contributed by atoms with van der Waals surface area (Å²) in [4.78, 5) is 0. The van der Waals surface area contributed by atoms with Crippen LogP contribution in [0.25, 0.3) is 6.08 Å². The number of rotatable bonds is 9. The molecule has 0 saturated heterocycles. The van der Waals surface area contributed by atoms with E-state index in [0.717, 1.165) is 16.8 Å². The van der Waals surface area contributed by atoms with Crippen molar-refractivity contribution in [3.63, 3.8) is 0 Å². The van der Waals surface area contributed by atoms with Crippen LogP contribution in [0.4, 0.5) is 13.0 Å². The van der Waals surface area contributed by atoms with Crippen molar-refractivity contribution in [2.75, 3.05) is 40.6 Å². The normalized spacial score (nSPS) is 18.0. The predicted molar refractivity (Wildman–Crippen MR) is 128 cm³/mol. The molecule has 0 saturated carbocycles. The minimum Gasteiger partial charge on any atom is -0.627 e. The smallest absolute Gasteiger partial charge is 0.627 e. The second-order valence-electron chi connectivity index (χ2n) is 7.59. The van der Waals surface area contributed by atoms with Gasteiger partial charge in [0, 0.05) is 18.2 Å². The Bertz CT molecular complexity index is 1050. The molecule has 2 aliphatic rings. The van der Waals surface area contributed by atoms with Crippen LogP contribution in [0.1, 0.15) is 5.56 Å². The summed E-state index contributed by atoms with van der Waals surface area (Å²) in [6.07, 6.45) is 15.4. The van der Waals surface area contributed by atoms with Gasteiger partial charge in [0.15, 0.2) is 5.71 Å². The van der Waals surface area contributed by atoms with Crippen LogP contribution >= 0.6 is 0 Å². The van der Waals surface area contributed by atoms with Gasteiger partial charge in [-0.2, -0.15) is 0 Å². The zero-order valence-electron chi connectivity index (χ0n) is 19.1. The Labute approximate surface area is 197 Å². The van der Waals surface area contributed by atoms with Crippen molar-refractivity contribution in [1.82, 2.24) is 0 Å². The van der Waals surface area contributed by atoms with Gasteiger partial charge >= 0.3 is 7.11 Å². The fraction of sp³-hybridized carbons (Fsp3) is 0.240. The van der Waals surface area contributed by atoms with Gasteiger partial charge in [-0.1, -0.05) is 24.3 Å². The topological polar surface area (TPSA) is 39.9 Å². The molecule has 0 aromatic heterocycles. The first kappa shape index (κ1) is 25.2. The molecule has 1 aliphatic heterocycles. The lowest BCUT2D eigenvalue weighted by atomic mass is 10.1. The lowest BCUT2D eigenvalue weighted by Crippen LogP contribution is -2.33. The van der Waals surface area contributed by atoms with E-state index in [1.165, 1.54) is 18.2 Å². The minimum atomic E-state index is -4.47. The van der Waals surface area contributed by atoms with Crippen molar-refractivity contribution in [3.05, 3.63) is 95.5 Å². The molecule has 0 fully saturated rings. The molecule has 0 bridgehead atoms. The second-order valence-corrected chi connectivity index (χ2v) is 7.59. The average molecular weight is 473 g/mol. The van der Waals surface area contributed by atoms with Gasteiger partial charge < -0.3 is 27.4 Å². The summed E-state index contributed by atoms with van der Waals surface area (Å²) >= 11 is 0. The molecule has 1 aromatic rings. The molecular weight excluding hydrogens is 446 g/mol. The van der Waals surface area contributed by atoms with Crippen LogP contribution in [0.5, 0.6) is 5.75 Å². The first-order chi connectivity index (χ1) is 16.3. The van der Waals surface area contributed by atoms with Gasteiger partial charge in [-0.3, -0.25) is 0 Å². The van der Waals surface area contributed by atoms with Gasteiger partial charge in [-0.25, -0.2) is 8.97 Å². The monoisotopic (exact) mass is 473 g/mol. The number of ether oxygens (including phenoxy) is 2. The number of benzene rings is 1. The van der Waals surface area contributed by atoms with Crippen LogP contribution in [0, 0.1) is 0 Å². The Morgan fingerprint density at radius 3 is 2.32 bits per heavy atom. The van der Waals surface area contributed by atoms with Crippen LogP contribution in [-0.2, 0) is 14.0 Å². The molecular formula is C25H27BF3NO4. The molecule has 0 unspecified atom stereocenters. The maximum Gasteiger partial charge on any atom is 0.725 e. The van der Waals surface area contributed by atoms with Crippen molar-refractivity contribution >= 4 is 18.9 Å². The average Bonchev–Trinajstić information content (AvgIpc) is 2.81. The van der Waals surface area contributed by atoms with E-state index in [-0.39, 0.29) is 18.1 Å². The van der Waals surface area contributed by atoms with Crippen LogP contribution in [-0.4, -0.2) is 58.0 Å². The number of allylic oxidation sites excluding steroid dienone is 9. The van der Waals surface area contributed by atoms with E-state index in [4.69, 9.17) is 9.47 Å². The molecule has 0 N–H and O–H groups in total. The number of halogens is 3. The summed E-state index contributed by atoms with van der Waals surface area (Å²) in [5.74, 6) is 0.618. The van der Waals surface area contributed by atoms with Crippen molar-refractivity contribution in [3.8, 4) is 5.75 Å². The summed E-state index contributed by atoms with van der Waals surface area (Å²) in [6, 6.07) is 7.04. The van der Waals surface area contributed by atoms with Crippen molar-refractivity contribution in [2.45, 2.75) is 0 Å². The molecule has 1 heterocycles. The molecule has 0 radical (unpaired) electrons. The first-order valence-corrected chi connectivity index (χ1v) is 10.8. The van der Waals surface area contributed by atoms with E-state index >= 15 is 0 Å². The van der Waals surface area contributed by atoms with Crippen molar-refractivity contribution in [1.29, 1.82) is 0 Å². The van der Waals surface area contributed by atoms with Gasteiger partial charge in [0.05, 0.1) is 24.7 Å². The molecule has 5 nitrogen and oxygen atoms in total. The summed E-state index contributed by atoms with van der Waals surface area (Å²) in [5.41, 5.74) is 2.66. The van der Waals surface area contributed by atoms with Crippen molar-refractivity contribution < 1.29 is 36.4 Å². The number of hydrogen-bond donors (Lipinski definition) is 0. The fourth-order valence-corrected chi connectivity index (χ4v) is 3.01. The zero-order valence-corrected chi connectivity index (χ0v) is 19.1. The largest absolute Gasteiger partial charge is 0.725 e. The number of nitrogens with zero attached hydrogens (tertiary/aromatic N) is 1. The zero-order chi connectivity index (χ0) is 24.4. The standard InChI is InChI=1S/C25H27BF3NO4/c1-30(2)22-9-3-20(4-10-22)7-13-24-19-25(34-26(28,29)33-24)14-8-21-5-11-23(12-6-21)32-18-17-31-16-15-27/h3-14,19H,15-18H2,1-2H3/b14-8+,24-13-. The lowest BCUT2D eigenvalue weighted by molar-refractivity contribution is -0.462. The maximum absolute atomic E-state index is 14.0. The highest BCUT2D eigenvalue weighted by molar-refractivity contribution is 6.53. The van der Waals surface area contributed by atoms with Crippen LogP contribution in [0.2, 0.25) is 0 Å². The Kier molecular flexibility index (Phi) is 8.98. The van der Waals surface area contributed by atoms with E-state index in [1.54, 1.807) is 36.4 Å². The minimum absolute atomic E-state index is 0.00585. The summed E-state index contributed by atoms with van der Waals surface area (Å²) in [5, 5.41) is 0. The third-order valence-corrected chi connectivity index (χ3v) is 4.72. The van der Waals surface area contributed by atoms with Gasteiger partial charge in [0.25, 0.3) is 0 Å². The summed E-state index contributed by atoms with van der Waals surface area (Å²) in [6.45, 7) is 0.124. The van der Waals surface area contributed by atoms with Gasteiger partial charge in [-0.05, 0) is 47.6 Å². The Morgan fingerprint density at radius 2 is 1.65 bits per heavy atom. The Morgan fingerprint density at radius 1 is 0.912 bits per heavy atom. The van der Waals surface area contributed by atoms with Crippen LogP contribution < -0.4 is 4.74 Å². The van der Waals surface area contributed by atoms with Gasteiger partial charge in [0.2, 0.25) is 0 Å². The highest BCUT2D eigenvalue weighted by Gasteiger charge is 2.36. The van der Waals surface area contributed by atoms with E-state index < -0.39 is 13.8 Å². The third kappa shape index (κ3) is 8.15. The molecule has 0 amide bonds. The molecule has 9 heteroatoms. The third-order valence-electron chi connectivity index (χ3n) is 4.72. The fourth-order valence-electron chi connectivity index (χ4n) is 3.01. The Hall–Kier alpha value is -3.46. The SMILES string of the molecule is C[N+](C)=C1C=CC(=C/C=C2C=C(/C=C/c3ccc(OCCOCCF)cc3)O[B-](F)(F)O/2)C=C1. The van der Waals surface area contributed by atoms with E-state index in [0.29, 0.717) is 19.0 Å².